The van der Waals surface area contributed by atoms with Gasteiger partial charge in [-0.05, 0) is 19.1 Å². The van der Waals surface area contributed by atoms with E-state index in [4.69, 9.17) is 4.74 Å². The van der Waals surface area contributed by atoms with Crippen molar-refractivity contribution >= 4 is 11.0 Å². The Labute approximate surface area is 148 Å². The number of benzene rings is 1. The van der Waals surface area contributed by atoms with Crippen molar-refractivity contribution in [2.24, 2.45) is 0 Å². The zero-order valence-electron chi connectivity index (χ0n) is 13.9. The number of aliphatic hydroxyl groups is 3. The van der Waals surface area contributed by atoms with Gasteiger partial charge in [0.05, 0.1) is 5.69 Å². The van der Waals surface area contributed by atoms with Crippen LogP contribution in [0, 0.1) is 12.7 Å². The van der Waals surface area contributed by atoms with E-state index in [2.05, 4.69) is 9.97 Å². The van der Waals surface area contributed by atoms with Crippen LogP contribution in [0.1, 0.15) is 23.6 Å². The highest BCUT2D eigenvalue weighted by Gasteiger charge is 2.47. The van der Waals surface area contributed by atoms with Crippen molar-refractivity contribution in [2.75, 3.05) is 0 Å². The molecule has 2 aromatic heterocycles. The number of hydrogen-bond acceptors (Lipinski definition) is 6. The highest BCUT2D eigenvalue weighted by Crippen LogP contribution is 2.38. The van der Waals surface area contributed by atoms with E-state index < -0.39 is 36.5 Å². The minimum absolute atomic E-state index is 0.0000615. The molecule has 0 aliphatic carbocycles. The van der Waals surface area contributed by atoms with Gasteiger partial charge in [-0.2, -0.15) is 0 Å². The van der Waals surface area contributed by atoms with Gasteiger partial charge in [0.1, 0.15) is 42.2 Å². The maximum absolute atomic E-state index is 14.0. The molecule has 1 aromatic carbocycles. The molecule has 0 radical (unpaired) electrons. The molecule has 2 unspecified atom stereocenters. The van der Waals surface area contributed by atoms with Crippen molar-refractivity contribution in [3.05, 3.63) is 59.9 Å². The third-order valence-electron chi connectivity index (χ3n) is 4.79. The third-order valence-corrected chi connectivity index (χ3v) is 4.79. The molecule has 0 saturated carbocycles. The van der Waals surface area contributed by atoms with Gasteiger partial charge in [0.2, 0.25) is 0 Å². The lowest BCUT2D eigenvalue weighted by Gasteiger charge is -2.21. The Morgan fingerprint density at radius 1 is 1.15 bits per heavy atom. The Bertz CT molecular complexity index is 947. The molecular formula is C18H18FN3O4. The van der Waals surface area contributed by atoms with Gasteiger partial charge in [-0.1, -0.05) is 18.2 Å². The van der Waals surface area contributed by atoms with Crippen LogP contribution in [0.15, 0.2) is 42.9 Å². The van der Waals surface area contributed by atoms with Crippen LogP contribution >= 0.6 is 0 Å². The topological polar surface area (TPSA) is 101 Å². The summed E-state index contributed by atoms with van der Waals surface area (Å²) in [6, 6.07) is 7.50. The van der Waals surface area contributed by atoms with Gasteiger partial charge in [0.15, 0.2) is 6.23 Å². The Kier molecular flexibility index (Phi) is 4.20. The standard InChI is InChI=1S/C18H18FN3O4/c1-9-10-6-7-22(17(10)21-8-20-9)18-15(25)14(24)16(26-18)13(23)11-4-2-3-5-12(11)19/h2-8,13-16,18,23-25H,1H3/t13?,14-,15+,16?,18+/m0/s1. The zero-order valence-corrected chi connectivity index (χ0v) is 13.9. The first-order valence-corrected chi connectivity index (χ1v) is 8.21. The fourth-order valence-electron chi connectivity index (χ4n) is 3.37. The number of fused-ring (bicyclic) bond motifs is 1. The van der Waals surface area contributed by atoms with E-state index in [0.29, 0.717) is 5.65 Å². The summed E-state index contributed by atoms with van der Waals surface area (Å²) >= 11 is 0. The molecule has 1 saturated heterocycles. The molecule has 1 fully saturated rings. The van der Waals surface area contributed by atoms with Crippen LogP contribution in [0.25, 0.3) is 11.0 Å². The molecule has 136 valence electrons. The van der Waals surface area contributed by atoms with Crippen LogP contribution in [0.5, 0.6) is 0 Å². The summed E-state index contributed by atoms with van der Waals surface area (Å²) in [4.78, 5) is 8.32. The number of halogens is 1. The molecule has 7 nitrogen and oxygen atoms in total. The summed E-state index contributed by atoms with van der Waals surface area (Å²) in [6.07, 6.45) is -3.22. The fraction of sp³-hybridized carbons (Fsp3) is 0.333. The molecular weight excluding hydrogens is 341 g/mol. The number of aliphatic hydroxyl groups excluding tert-OH is 3. The molecule has 1 aliphatic heterocycles. The van der Waals surface area contributed by atoms with Crippen molar-refractivity contribution in [1.82, 2.24) is 14.5 Å². The van der Waals surface area contributed by atoms with E-state index in [-0.39, 0.29) is 5.56 Å². The maximum atomic E-state index is 14.0. The van der Waals surface area contributed by atoms with E-state index in [1.54, 1.807) is 22.9 Å². The van der Waals surface area contributed by atoms with Gasteiger partial charge >= 0.3 is 0 Å². The lowest BCUT2D eigenvalue weighted by Crippen LogP contribution is -2.35. The van der Waals surface area contributed by atoms with Crippen molar-refractivity contribution in [1.29, 1.82) is 0 Å². The second-order valence-corrected chi connectivity index (χ2v) is 6.36. The van der Waals surface area contributed by atoms with Gasteiger partial charge in [-0.25, -0.2) is 14.4 Å². The monoisotopic (exact) mass is 359 g/mol. The molecule has 0 amide bonds. The second-order valence-electron chi connectivity index (χ2n) is 6.36. The molecule has 8 heteroatoms. The Balaban J connectivity index is 1.68. The predicted molar refractivity (Wildman–Crippen MR) is 89.5 cm³/mol. The SMILES string of the molecule is Cc1ncnc2c1ccn2[C@@H]1OC(C(O)c2ccccc2F)[C@@H](O)[C@H]1O. The smallest absolute Gasteiger partial charge is 0.164 e. The van der Waals surface area contributed by atoms with Crippen LogP contribution in [0.3, 0.4) is 0 Å². The molecule has 1 aliphatic rings. The molecule has 3 aromatic rings. The number of hydrogen-bond donors (Lipinski definition) is 3. The Morgan fingerprint density at radius 2 is 1.92 bits per heavy atom. The third kappa shape index (κ3) is 2.58. The molecule has 26 heavy (non-hydrogen) atoms. The lowest BCUT2D eigenvalue weighted by atomic mass is 9.99. The van der Waals surface area contributed by atoms with Gasteiger partial charge in [0.25, 0.3) is 0 Å². The Morgan fingerprint density at radius 3 is 2.69 bits per heavy atom. The summed E-state index contributed by atoms with van der Waals surface area (Å²) in [6.45, 7) is 1.83. The van der Waals surface area contributed by atoms with E-state index in [1.807, 2.05) is 6.92 Å². The number of ether oxygens (including phenoxy) is 1. The highest BCUT2D eigenvalue weighted by atomic mass is 19.1. The summed E-state index contributed by atoms with van der Waals surface area (Å²) in [5.41, 5.74) is 1.31. The van der Waals surface area contributed by atoms with Gasteiger partial charge in [0, 0.05) is 17.1 Å². The number of aryl methyl sites for hydroxylation is 1. The molecule has 4 rings (SSSR count). The molecule has 0 spiro atoms. The van der Waals surface area contributed by atoms with E-state index in [1.165, 1.54) is 24.5 Å². The number of aromatic nitrogens is 3. The van der Waals surface area contributed by atoms with Crippen LogP contribution in [-0.2, 0) is 4.74 Å². The minimum atomic E-state index is -1.43. The predicted octanol–water partition coefficient (Wildman–Crippen LogP) is 1.23. The summed E-state index contributed by atoms with van der Waals surface area (Å²) < 4.78 is 21.3. The fourth-order valence-corrected chi connectivity index (χ4v) is 3.37. The van der Waals surface area contributed by atoms with Crippen LogP contribution in [0.4, 0.5) is 4.39 Å². The molecule has 3 heterocycles. The summed E-state index contributed by atoms with van der Waals surface area (Å²) in [7, 11) is 0. The zero-order chi connectivity index (χ0) is 18.4. The van der Waals surface area contributed by atoms with Crippen molar-refractivity contribution in [2.45, 2.75) is 37.6 Å². The first-order chi connectivity index (χ1) is 12.5. The molecule has 5 atom stereocenters. The average Bonchev–Trinajstić information content (AvgIpc) is 3.18. The Hall–Kier alpha value is -2.39. The average molecular weight is 359 g/mol. The minimum Gasteiger partial charge on any atom is -0.387 e. The lowest BCUT2D eigenvalue weighted by molar-refractivity contribution is -0.0856. The first-order valence-electron chi connectivity index (χ1n) is 8.21. The highest BCUT2D eigenvalue weighted by molar-refractivity contribution is 5.78. The van der Waals surface area contributed by atoms with Gasteiger partial charge in [-0.15, -0.1) is 0 Å². The van der Waals surface area contributed by atoms with Crippen molar-refractivity contribution in [3.8, 4) is 0 Å². The van der Waals surface area contributed by atoms with Crippen molar-refractivity contribution in [3.63, 3.8) is 0 Å². The van der Waals surface area contributed by atoms with E-state index >= 15 is 0 Å². The molecule has 3 N–H and O–H groups in total. The summed E-state index contributed by atoms with van der Waals surface area (Å²) in [5, 5.41) is 32.1. The van der Waals surface area contributed by atoms with Gasteiger partial charge in [-0.3, -0.25) is 0 Å². The quantitative estimate of drug-likeness (QED) is 0.650. The van der Waals surface area contributed by atoms with Crippen LogP contribution in [0.2, 0.25) is 0 Å². The van der Waals surface area contributed by atoms with Crippen molar-refractivity contribution < 1.29 is 24.4 Å². The number of nitrogens with zero attached hydrogens (tertiary/aromatic N) is 3. The van der Waals surface area contributed by atoms with E-state index in [0.717, 1.165) is 11.1 Å². The van der Waals surface area contributed by atoms with Gasteiger partial charge < -0.3 is 24.6 Å². The maximum Gasteiger partial charge on any atom is 0.164 e. The van der Waals surface area contributed by atoms with E-state index in [9.17, 15) is 19.7 Å². The first kappa shape index (κ1) is 17.0. The largest absolute Gasteiger partial charge is 0.387 e. The van der Waals surface area contributed by atoms with Crippen LogP contribution in [-0.4, -0.2) is 48.2 Å². The number of rotatable bonds is 3. The molecule has 0 bridgehead atoms. The summed E-state index contributed by atoms with van der Waals surface area (Å²) in [5.74, 6) is -0.608. The second kappa shape index (κ2) is 6.40. The normalized spacial score (nSPS) is 27.1. The van der Waals surface area contributed by atoms with Crippen LogP contribution < -0.4 is 0 Å².